The van der Waals surface area contributed by atoms with Gasteiger partial charge in [-0.25, -0.2) is 0 Å². The van der Waals surface area contributed by atoms with Gasteiger partial charge in [0.15, 0.2) is 5.96 Å². The van der Waals surface area contributed by atoms with Gasteiger partial charge in [-0.3, -0.25) is 10.4 Å². The normalized spacial score (nSPS) is 10.6. The second-order valence-corrected chi connectivity index (χ2v) is 6.85. The summed E-state index contributed by atoms with van der Waals surface area (Å²) in [6, 6.07) is 5.16. The fraction of sp³-hybridized carbons (Fsp3) is 0.579. The standard InChI is InChI=1S/C19H33ClN6O/c20-16-14-15(18(21)22)8-9-17(16)27-13-7-6-11-25-10-4-2-1-3-5-12-26-19(23)24/h8-9,14,25H,1-7,10-13H2,(H3,21,22)(H4,23,24,26). The van der Waals surface area contributed by atoms with Crippen molar-refractivity contribution in [3.63, 3.8) is 0 Å². The fourth-order valence-electron chi connectivity index (χ4n) is 2.54. The molecule has 8 heteroatoms. The van der Waals surface area contributed by atoms with Crippen LogP contribution in [-0.2, 0) is 0 Å². The molecule has 0 aromatic heterocycles. The van der Waals surface area contributed by atoms with E-state index in [0.29, 0.717) is 22.9 Å². The van der Waals surface area contributed by atoms with Crippen molar-refractivity contribution >= 4 is 23.4 Å². The number of nitrogens with zero attached hydrogens (tertiary/aromatic N) is 1. The number of benzene rings is 1. The highest BCUT2D eigenvalue weighted by Crippen LogP contribution is 2.25. The first kappa shape index (κ1) is 23.0. The van der Waals surface area contributed by atoms with Crippen LogP contribution in [0.5, 0.6) is 5.75 Å². The summed E-state index contributed by atoms with van der Waals surface area (Å²) in [5.41, 5.74) is 16.6. The van der Waals surface area contributed by atoms with E-state index in [1.54, 1.807) is 18.2 Å². The minimum atomic E-state index is 0.000433. The van der Waals surface area contributed by atoms with Crippen LogP contribution in [0, 0.1) is 5.41 Å². The van der Waals surface area contributed by atoms with Gasteiger partial charge in [-0.1, -0.05) is 30.9 Å². The SMILES string of the molecule is N=C(N)c1ccc(OCCCCNCCCCCCCN=C(N)N)c(Cl)c1. The minimum Gasteiger partial charge on any atom is -0.492 e. The molecule has 0 aliphatic heterocycles. The summed E-state index contributed by atoms with van der Waals surface area (Å²) < 4.78 is 5.68. The zero-order chi connectivity index (χ0) is 19.9. The van der Waals surface area contributed by atoms with Gasteiger partial charge in [0, 0.05) is 12.1 Å². The van der Waals surface area contributed by atoms with Crippen molar-refractivity contribution < 1.29 is 4.74 Å². The number of nitrogens with one attached hydrogen (secondary N) is 2. The summed E-state index contributed by atoms with van der Waals surface area (Å²) in [6.45, 7) is 3.39. The third kappa shape index (κ3) is 11.4. The lowest BCUT2D eigenvalue weighted by molar-refractivity contribution is 0.306. The third-order valence-corrected chi connectivity index (χ3v) is 4.35. The molecule has 0 heterocycles. The average Bonchev–Trinajstić information content (AvgIpc) is 2.62. The summed E-state index contributed by atoms with van der Waals surface area (Å²) in [6.07, 6.45) is 7.88. The quantitative estimate of drug-likeness (QED) is 0.176. The monoisotopic (exact) mass is 396 g/mol. The van der Waals surface area contributed by atoms with Gasteiger partial charge < -0.3 is 27.3 Å². The Hall–Kier alpha value is -1.99. The van der Waals surface area contributed by atoms with E-state index >= 15 is 0 Å². The Morgan fingerprint density at radius 3 is 2.33 bits per heavy atom. The minimum absolute atomic E-state index is 0.000433. The number of amidine groups is 1. The summed E-state index contributed by atoms with van der Waals surface area (Å²) in [5, 5.41) is 11.3. The molecular formula is C19H33ClN6O. The molecule has 0 radical (unpaired) electrons. The number of hydrogen-bond acceptors (Lipinski definition) is 4. The molecule has 0 fully saturated rings. The lowest BCUT2D eigenvalue weighted by Crippen LogP contribution is -2.22. The van der Waals surface area contributed by atoms with Crippen LogP contribution in [0.4, 0.5) is 0 Å². The van der Waals surface area contributed by atoms with Crippen molar-refractivity contribution in [1.29, 1.82) is 5.41 Å². The molecule has 0 unspecified atom stereocenters. The molecule has 0 spiro atoms. The topological polar surface area (TPSA) is 136 Å². The van der Waals surface area contributed by atoms with Gasteiger partial charge in [0.25, 0.3) is 0 Å². The van der Waals surface area contributed by atoms with Crippen LogP contribution in [-0.4, -0.2) is 38.0 Å². The van der Waals surface area contributed by atoms with E-state index in [4.69, 9.17) is 38.9 Å². The molecule has 1 aromatic rings. The maximum absolute atomic E-state index is 7.39. The molecule has 7 nitrogen and oxygen atoms in total. The molecule has 0 saturated heterocycles. The predicted octanol–water partition coefficient (Wildman–Crippen LogP) is 2.60. The Balaban J connectivity index is 1.93. The van der Waals surface area contributed by atoms with E-state index in [2.05, 4.69) is 10.3 Å². The van der Waals surface area contributed by atoms with E-state index in [-0.39, 0.29) is 11.8 Å². The zero-order valence-electron chi connectivity index (χ0n) is 16.0. The summed E-state index contributed by atoms with van der Waals surface area (Å²) in [4.78, 5) is 3.97. The smallest absolute Gasteiger partial charge is 0.185 e. The number of nitrogen functional groups attached to an aromatic ring is 1. The first-order valence-corrected chi connectivity index (χ1v) is 9.91. The molecule has 0 bridgehead atoms. The van der Waals surface area contributed by atoms with Crippen LogP contribution in [0.25, 0.3) is 0 Å². The molecule has 1 aromatic carbocycles. The predicted molar refractivity (Wildman–Crippen MR) is 114 cm³/mol. The molecule has 0 atom stereocenters. The zero-order valence-corrected chi connectivity index (χ0v) is 16.7. The van der Waals surface area contributed by atoms with Crippen LogP contribution in [0.1, 0.15) is 50.5 Å². The maximum Gasteiger partial charge on any atom is 0.185 e. The molecule has 0 aliphatic carbocycles. The van der Waals surface area contributed by atoms with Crippen molar-refractivity contribution in [1.82, 2.24) is 5.32 Å². The van der Waals surface area contributed by atoms with E-state index in [0.717, 1.165) is 38.9 Å². The molecule has 0 amide bonds. The van der Waals surface area contributed by atoms with Crippen molar-refractivity contribution in [3.8, 4) is 5.75 Å². The molecular weight excluding hydrogens is 364 g/mol. The molecule has 8 N–H and O–H groups in total. The van der Waals surface area contributed by atoms with E-state index in [9.17, 15) is 0 Å². The summed E-state index contributed by atoms with van der Waals surface area (Å²) >= 11 is 6.13. The van der Waals surface area contributed by atoms with Gasteiger partial charge in [0.1, 0.15) is 11.6 Å². The number of ether oxygens (including phenoxy) is 1. The molecule has 1 rings (SSSR count). The van der Waals surface area contributed by atoms with Gasteiger partial charge >= 0.3 is 0 Å². The van der Waals surface area contributed by atoms with Gasteiger partial charge in [-0.15, -0.1) is 0 Å². The van der Waals surface area contributed by atoms with E-state index in [1.807, 2.05) is 0 Å². The largest absolute Gasteiger partial charge is 0.492 e. The fourth-order valence-corrected chi connectivity index (χ4v) is 2.78. The first-order valence-electron chi connectivity index (χ1n) is 9.53. The Kier molecular flexibility index (Phi) is 12.1. The third-order valence-electron chi connectivity index (χ3n) is 4.05. The van der Waals surface area contributed by atoms with Gasteiger partial charge in [0.2, 0.25) is 0 Å². The second-order valence-electron chi connectivity index (χ2n) is 6.44. The van der Waals surface area contributed by atoms with Crippen LogP contribution < -0.4 is 27.3 Å². The van der Waals surface area contributed by atoms with Crippen molar-refractivity contribution in [2.24, 2.45) is 22.2 Å². The Morgan fingerprint density at radius 1 is 1.00 bits per heavy atom. The Bertz CT molecular complexity index is 590. The number of unbranched alkanes of at least 4 members (excludes halogenated alkanes) is 5. The number of aliphatic imine (C=N–C) groups is 1. The van der Waals surface area contributed by atoms with Crippen molar-refractivity contribution in [3.05, 3.63) is 28.8 Å². The van der Waals surface area contributed by atoms with Gasteiger partial charge in [-0.05, 0) is 57.0 Å². The van der Waals surface area contributed by atoms with Crippen molar-refractivity contribution in [2.45, 2.75) is 44.9 Å². The lowest BCUT2D eigenvalue weighted by atomic mass is 10.1. The highest BCUT2D eigenvalue weighted by atomic mass is 35.5. The number of hydrogen-bond donors (Lipinski definition) is 5. The highest BCUT2D eigenvalue weighted by molar-refractivity contribution is 6.32. The summed E-state index contributed by atoms with van der Waals surface area (Å²) in [5.74, 6) is 0.813. The molecule has 27 heavy (non-hydrogen) atoms. The Labute approximate surface area is 167 Å². The number of rotatable bonds is 15. The summed E-state index contributed by atoms with van der Waals surface area (Å²) in [7, 11) is 0. The van der Waals surface area contributed by atoms with Gasteiger partial charge in [-0.2, -0.15) is 0 Å². The van der Waals surface area contributed by atoms with Crippen LogP contribution in [0.15, 0.2) is 23.2 Å². The lowest BCUT2D eigenvalue weighted by Gasteiger charge is -2.09. The van der Waals surface area contributed by atoms with E-state index < -0.39 is 0 Å². The Morgan fingerprint density at radius 2 is 1.67 bits per heavy atom. The molecule has 0 aliphatic rings. The van der Waals surface area contributed by atoms with E-state index in [1.165, 1.54) is 25.7 Å². The van der Waals surface area contributed by atoms with Crippen molar-refractivity contribution in [2.75, 3.05) is 26.2 Å². The molecule has 0 saturated carbocycles. The molecule has 152 valence electrons. The van der Waals surface area contributed by atoms with Crippen LogP contribution in [0.2, 0.25) is 5.02 Å². The van der Waals surface area contributed by atoms with Crippen LogP contribution in [0.3, 0.4) is 0 Å². The van der Waals surface area contributed by atoms with Crippen LogP contribution >= 0.6 is 11.6 Å². The highest BCUT2D eigenvalue weighted by Gasteiger charge is 2.04. The number of nitrogens with two attached hydrogens (primary N) is 3. The number of halogens is 1. The second kappa shape index (κ2) is 14.1. The maximum atomic E-state index is 7.39. The van der Waals surface area contributed by atoms with Gasteiger partial charge in [0.05, 0.1) is 11.6 Å². The average molecular weight is 397 g/mol. The number of guanidine groups is 1. The first-order chi connectivity index (χ1) is 13.0.